The molecule has 5 nitrogen and oxygen atoms in total. The van der Waals surface area contributed by atoms with Crippen LogP contribution in [0.3, 0.4) is 0 Å². The molecule has 0 amide bonds. The Kier molecular flexibility index (Phi) is 5.49. The quantitative estimate of drug-likeness (QED) is 0.178. The van der Waals surface area contributed by atoms with E-state index in [4.69, 9.17) is 21.2 Å². The van der Waals surface area contributed by atoms with E-state index in [0.717, 1.165) is 38.9 Å². The highest BCUT2D eigenvalue weighted by molar-refractivity contribution is 6.09. The second-order valence-electron chi connectivity index (χ2n) is 15.3. The molecule has 1 aliphatic heterocycles. The van der Waals surface area contributed by atoms with Gasteiger partial charge in [0.25, 0.3) is 0 Å². The van der Waals surface area contributed by atoms with Crippen molar-refractivity contribution in [3.8, 4) is 17.3 Å². The zero-order valence-electron chi connectivity index (χ0n) is 42.5. The highest BCUT2D eigenvalue weighted by Crippen LogP contribution is 2.45. The zero-order chi connectivity index (χ0) is 47.3. The van der Waals surface area contributed by atoms with Crippen LogP contribution in [0.2, 0.25) is 0 Å². The molecule has 8 rings (SSSR count). The number of ether oxygens (including phenoxy) is 1. The van der Waals surface area contributed by atoms with Crippen LogP contribution in [0.1, 0.15) is 95.2 Å². The highest BCUT2D eigenvalue weighted by Gasteiger charge is 2.29. The van der Waals surface area contributed by atoms with E-state index in [0.29, 0.717) is 35.2 Å². The number of anilines is 4. The minimum atomic E-state index is -2.85. The van der Waals surface area contributed by atoms with Crippen LogP contribution < -0.4 is 14.5 Å². The number of fused-ring (bicyclic) bond motifs is 4. The predicted molar refractivity (Wildman–Crippen MR) is 223 cm³/mol. The average molecular weight is 711 g/mol. The molecule has 0 aliphatic carbocycles. The standard InChI is InChI=1S/C48H50N4O/c1-46(2,3)32-14-12-15-35(26-32)50-31-51(43-19-11-10-18-42(43)50)36-16-13-17-37(29-36)53-38-21-22-39-40-27-33(47(4,5)6)20-23-41(40)52(44(39)30-38)45-28-34(24-25-49-45)48(7,8)9/h10-30H,31H2,1-9H3/i1D3,2D3,7D3,8D3. The summed E-state index contributed by atoms with van der Waals surface area (Å²) >= 11 is 0. The molecule has 5 aromatic carbocycles. The first-order chi connectivity index (χ1) is 30.1. The molecule has 1 aliphatic rings. The molecule has 5 heteroatoms. The summed E-state index contributed by atoms with van der Waals surface area (Å²) in [6.07, 6.45) is 1.45. The molecule has 0 radical (unpaired) electrons. The maximum absolute atomic E-state index is 8.31. The van der Waals surface area contributed by atoms with Gasteiger partial charge in [0.05, 0.1) is 22.4 Å². The van der Waals surface area contributed by atoms with Crippen molar-refractivity contribution in [2.75, 3.05) is 16.5 Å². The van der Waals surface area contributed by atoms with Gasteiger partial charge in [-0.25, -0.2) is 4.98 Å². The SMILES string of the molecule is [2H]C([2H])([2H])C(C)(c1cccc(N2CN(c3cccc(Oc4ccc5c6cc(C(C)(C)C)ccc6n(-c6cc(C(C)(C([2H])([2H])[2H])C([2H])([2H])[2H])ccn6)c5c4)c3)c3ccccc32)c1)C([2H])([2H])[2H]. The fraction of sp³-hybridized carbons (Fsp3) is 0.271. The number of aromatic nitrogens is 2. The molecular weight excluding hydrogens is 649 g/mol. The van der Waals surface area contributed by atoms with Crippen LogP contribution in [0, 0.1) is 0 Å². The summed E-state index contributed by atoms with van der Waals surface area (Å²) in [4.78, 5) is 8.80. The molecule has 0 atom stereocenters. The van der Waals surface area contributed by atoms with Gasteiger partial charge in [0.2, 0.25) is 0 Å². The topological polar surface area (TPSA) is 33.5 Å². The lowest BCUT2D eigenvalue weighted by Crippen LogP contribution is -2.24. The third-order valence-corrected chi connectivity index (χ3v) is 10.0. The maximum atomic E-state index is 8.31. The van der Waals surface area contributed by atoms with Gasteiger partial charge in [-0.1, -0.05) is 98.4 Å². The molecule has 0 unspecified atom stereocenters. The molecule has 53 heavy (non-hydrogen) atoms. The van der Waals surface area contributed by atoms with Gasteiger partial charge in [0.15, 0.2) is 0 Å². The molecule has 2 aromatic heterocycles. The van der Waals surface area contributed by atoms with Gasteiger partial charge in [-0.15, -0.1) is 0 Å². The van der Waals surface area contributed by atoms with Crippen LogP contribution >= 0.6 is 0 Å². The van der Waals surface area contributed by atoms with E-state index < -0.39 is 38.2 Å². The molecule has 7 aromatic rings. The number of hydrogen-bond acceptors (Lipinski definition) is 4. The average Bonchev–Trinajstić information content (AvgIpc) is 3.77. The van der Waals surface area contributed by atoms with Crippen LogP contribution in [0.4, 0.5) is 22.7 Å². The Labute approximate surface area is 331 Å². The Bertz CT molecular complexity index is 2910. The molecule has 0 saturated heterocycles. The zero-order valence-corrected chi connectivity index (χ0v) is 30.5. The Hall–Kier alpha value is -5.55. The first kappa shape index (κ1) is 23.2. The number of pyridine rings is 1. The van der Waals surface area contributed by atoms with E-state index in [1.165, 1.54) is 26.1 Å². The van der Waals surface area contributed by atoms with Crippen LogP contribution in [-0.2, 0) is 16.2 Å². The number of rotatable bonds is 5. The second kappa shape index (κ2) is 12.5. The highest BCUT2D eigenvalue weighted by atomic mass is 16.5. The summed E-state index contributed by atoms with van der Waals surface area (Å²) < 4.78 is 108. The van der Waals surface area contributed by atoms with E-state index in [2.05, 4.69) is 42.8 Å². The van der Waals surface area contributed by atoms with Gasteiger partial charge >= 0.3 is 0 Å². The lowest BCUT2D eigenvalue weighted by molar-refractivity contribution is 0.483. The van der Waals surface area contributed by atoms with Crippen molar-refractivity contribution < 1.29 is 21.2 Å². The van der Waals surface area contributed by atoms with Crippen molar-refractivity contribution in [3.05, 3.63) is 144 Å². The number of benzene rings is 5. The predicted octanol–water partition coefficient (Wildman–Crippen LogP) is 13.1. The Morgan fingerprint density at radius 2 is 1.19 bits per heavy atom. The van der Waals surface area contributed by atoms with Crippen molar-refractivity contribution in [2.45, 2.75) is 78.3 Å². The van der Waals surface area contributed by atoms with E-state index >= 15 is 0 Å². The van der Waals surface area contributed by atoms with Gasteiger partial charge in [-0.2, -0.15) is 0 Å². The van der Waals surface area contributed by atoms with Gasteiger partial charge in [0, 0.05) is 56.9 Å². The molecule has 0 N–H and O–H groups in total. The summed E-state index contributed by atoms with van der Waals surface area (Å²) in [5, 5.41) is 1.83. The normalized spacial score (nSPS) is 17.9. The Morgan fingerprint density at radius 3 is 1.89 bits per heavy atom. The second-order valence-corrected chi connectivity index (χ2v) is 15.3. The van der Waals surface area contributed by atoms with Gasteiger partial charge in [-0.3, -0.25) is 4.57 Å². The van der Waals surface area contributed by atoms with Crippen molar-refractivity contribution in [2.24, 2.45) is 0 Å². The largest absolute Gasteiger partial charge is 0.457 e. The summed E-state index contributed by atoms with van der Waals surface area (Å²) in [6, 6.07) is 37.1. The molecule has 0 spiro atoms. The van der Waals surface area contributed by atoms with Crippen molar-refractivity contribution >= 4 is 44.6 Å². The van der Waals surface area contributed by atoms with E-state index in [1.54, 1.807) is 24.3 Å². The van der Waals surface area contributed by atoms with Crippen molar-refractivity contribution in [1.29, 1.82) is 0 Å². The Morgan fingerprint density at radius 1 is 0.547 bits per heavy atom. The van der Waals surface area contributed by atoms with Crippen LogP contribution in [0.5, 0.6) is 11.5 Å². The molecule has 3 heterocycles. The lowest BCUT2D eigenvalue weighted by atomic mass is 9.86. The third kappa shape index (κ3) is 6.43. The van der Waals surface area contributed by atoms with Gasteiger partial charge < -0.3 is 14.5 Å². The molecule has 268 valence electrons. The lowest BCUT2D eigenvalue weighted by Gasteiger charge is -2.25. The summed E-state index contributed by atoms with van der Waals surface area (Å²) in [7, 11) is 0. The summed E-state index contributed by atoms with van der Waals surface area (Å²) in [6.45, 7) is -2.01. The minimum Gasteiger partial charge on any atom is -0.457 e. The fourth-order valence-corrected chi connectivity index (χ4v) is 7.12. The molecule has 0 fully saturated rings. The van der Waals surface area contributed by atoms with Crippen LogP contribution in [-0.4, -0.2) is 16.2 Å². The molecular formula is C48H50N4O. The van der Waals surface area contributed by atoms with Crippen molar-refractivity contribution in [1.82, 2.24) is 9.55 Å². The number of hydrogen-bond donors (Lipinski definition) is 0. The smallest absolute Gasteiger partial charge is 0.137 e. The van der Waals surface area contributed by atoms with Crippen molar-refractivity contribution in [3.63, 3.8) is 0 Å². The summed E-state index contributed by atoms with van der Waals surface area (Å²) in [5.74, 6) is 1.40. The Balaban J connectivity index is 1.18. The van der Waals surface area contributed by atoms with Gasteiger partial charge in [0.1, 0.15) is 24.0 Å². The minimum absolute atomic E-state index is 0.118. The maximum Gasteiger partial charge on any atom is 0.137 e. The van der Waals surface area contributed by atoms with E-state index in [1.807, 2.05) is 88.3 Å². The van der Waals surface area contributed by atoms with E-state index in [9.17, 15) is 0 Å². The molecule has 0 bridgehead atoms. The number of nitrogens with zero attached hydrogens (tertiary/aromatic N) is 4. The summed E-state index contributed by atoms with van der Waals surface area (Å²) in [5.41, 5.74) is 1.68. The monoisotopic (exact) mass is 710 g/mol. The fourth-order valence-electron chi connectivity index (χ4n) is 7.12. The first-order valence-corrected chi connectivity index (χ1v) is 17.7. The van der Waals surface area contributed by atoms with Gasteiger partial charge in [-0.05, 0) is 106 Å². The van der Waals surface area contributed by atoms with Crippen LogP contribution in [0.25, 0.3) is 27.6 Å². The third-order valence-electron chi connectivity index (χ3n) is 10.0. The first-order valence-electron chi connectivity index (χ1n) is 23.7. The molecule has 0 saturated carbocycles. The van der Waals surface area contributed by atoms with Crippen LogP contribution in [0.15, 0.2) is 128 Å². The number of para-hydroxylation sites is 2. The van der Waals surface area contributed by atoms with E-state index in [-0.39, 0.29) is 16.5 Å².